The molecule has 0 aliphatic carbocycles. The molecule has 1 fully saturated rings. The van der Waals surface area contributed by atoms with E-state index in [0.29, 0.717) is 38.1 Å². The molecule has 5 heteroatoms. The number of ether oxygens (including phenoxy) is 1. The molecule has 1 aliphatic rings. The van der Waals surface area contributed by atoms with Crippen molar-refractivity contribution >= 4 is 22.6 Å². The molecule has 1 saturated heterocycles. The van der Waals surface area contributed by atoms with Gasteiger partial charge in [-0.15, -0.1) is 0 Å². The number of fused-ring (bicyclic) bond motifs is 1. The average Bonchev–Trinajstić information content (AvgIpc) is 2.61. The fraction of sp³-hybridized carbons (Fsp3) is 0.421. The number of pyridine rings is 1. The van der Waals surface area contributed by atoms with Gasteiger partial charge in [0, 0.05) is 30.9 Å². The molecule has 0 unspecified atom stereocenters. The Labute approximate surface area is 141 Å². The molecule has 24 heavy (non-hydrogen) atoms. The van der Waals surface area contributed by atoms with E-state index in [0.717, 1.165) is 16.3 Å². The van der Waals surface area contributed by atoms with Gasteiger partial charge in [-0.3, -0.25) is 14.6 Å². The smallest absolute Gasteiger partial charge is 0.309 e. The van der Waals surface area contributed by atoms with E-state index in [1.807, 2.05) is 36.9 Å². The fourth-order valence-electron chi connectivity index (χ4n) is 3.20. The summed E-state index contributed by atoms with van der Waals surface area (Å²) >= 11 is 0. The molecule has 1 amide bonds. The molecule has 0 spiro atoms. The lowest BCUT2D eigenvalue weighted by Crippen LogP contribution is -2.40. The molecule has 126 valence electrons. The Morgan fingerprint density at radius 1 is 1.25 bits per heavy atom. The summed E-state index contributed by atoms with van der Waals surface area (Å²) in [6.45, 7) is 5.37. The monoisotopic (exact) mass is 326 g/mol. The van der Waals surface area contributed by atoms with Crippen LogP contribution in [0.1, 0.15) is 35.7 Å². The largest absolute Gasteiger partial charge is 0.466 e. The molecule has 0 saturated carbocycles. The first kappa shape index (κ1) is 16.4. The lowest BCUT2D eigenvalue weighted by molar-refractivity contribution is -0.149. The number of likely N-dealkylation sites (tertiary alicyclic amines) is 1. The molecule has 1 aromatic heterocycles. The van der Waals surface area contributed by atoms with Gasteiger partial charge in [-0.05, 0) is 32.1 Å². The zero-order valence-electron chi connectivity index (χ0n) is 14.1. The summed E-state index contributed by atoms with van der Waals surface area (Å²) in [4.78, 5) is 30.7. The van der Waals surface area contributed by atoms with Crippen LogP contribution in [0.3, 0.4) is 0 Å². The summed E-state index contributed by atoms with van der Waals surface area (Å²) in [5.74, 6) is -0.255. The van der Waals surface area contributed by atoms with Crippen molar-refractivity contribution in [2.75, 3.05) is 19.7 Å². The van der Waals surface area contributed by atoms with Crippen LogP contribution in [0.15, 0.2) is 30.6 Å². The number of aromatic nitrogens is 1. The highest BCUT2D eigenvalue weighted by atomic mass is 16.5. The molecule has 3 rings (SSSR count). The van der Waals surface area contributed by atoms with Crippen molar-refractivity contribution in [3.8, 4) is 0 Å². The predicted molar refractivity (Wildman–Crippen MR) is 91.7 cm³/mol. The zero-order valence-corrected chi connectivity index (χ0v) is 14.1. The topological polar surface area (TPSA) is 59.5 Å². The number of hydrogen-bond donors (Lipinski definition) is 0. The summed E-state index contributed by atoms with van der Waals surface area (Å²) in [5, 5.41) is 1.90. The summed E-state index contributed by atoms with van der Waals surface area (Å²) in [5.41, 5.74) is 1.74. The number of carbonyl (C=O) groups is 2. The van der Waals surface area contributed by atoms with E-state index in [2.05, 4.69) is 4.98 Å². The summed E-state index contributed by atoms with van der Waals surface area (Å²) < 4.78 is 5.08. The third kappa shape index (κ3) is 3.25. The first-order valence-corrected chi connectivity index (χ1v) is 8.40. The van der Waals surface area contributed by atoms with Crippen LogP contribution in [0.4, 0.5) is 0 Å². The van der Waals surface area contributed by atoms with Crippen molar-refractivity contribution in [2.45, 2.75) is 26.7 Å². The Bertz CT molecular complexity index is 764. The highest BCUT2D eigenvalue weighted by Crippen LogP contribution is 2.24. The van der Waals surface area contributed by atoms with Gasteiger partial charge in [0.2, 0.25) is 0 Å². The Morgan fingerprint density at radius 2 is 2.00 bits per heavy atom. The number of aryl methyl sites for hydroxylation is 1. The molecule has 1 aliphatic heterocycles. The van der Waals surface area contributed by atoms with Crippen molar-refractivity contribution in [3.63, 3.8) is 0 Å². The van der Waals surface area contributed by atoms with Gasteiger partial charge in [0.25, 0.3) is 5.91 Å². The van der Waals surface area contributed by atoms with E-state index < -0.39 is 0 Å². The predicted octanol–water partition coefficient (Wildman–Crippen LogP) is 2.96. The van der Waals surface area contributed by atoms with Crippen LogP contribution in [0.25, 0.3) is 10.8 Å². The van der Waals surface area contributed by atoms with Crippen molar-refractivity contribution in [2.24, 2.45) is 5.92 Å². The molecule has 0 bridgehead atoms. The van der Waals surface area contributed by atoms with Crippen LogP contribution < -0.4 is 0 Å². The molecule has 1 aromatic carbocycles. The van der Waals surface area contributed by atoms with Gasteiger partial charge in [-0.25, -0.2) is 0 Å². The average molecular weight is 326 g/mol. The molecule has 0 radical (unpaired) electrons. The minimum atomic E-state index is -0.146. The Morgan fingerprint density at radius 3 is 2.71 bits per heavy atom. The first-order chi connectivity index (χ1) is 11.6. The van der Waals surface area contributed by atoms with E-state index >= 15 is 0 Å². The maximum absolute atomic E-state index is 12.9. The summed E-state index contributed by atoms with van der Waals surface area (Å²) in [7, 11) is 0. The fourth-order valence-corrected chi connectivity index (χ4v) is 3.20. The van der Waals surface area contributed by atoms with E-state index in [4.69, 9.17) is 4.74 Å². The lowest BCUT2D eigenvalue weighted by atomic mass is 9.96. The Kier molecular flexibility index (Phi) is 4.79. The number of piperidine rings is 1. The minimum Gasteiger partial charge on any atom is -0.466 e. The summed E-state index contributed by atoms with van der Waals surface area (Å²) in [6, 6.07) is 6.03. The van der Waals surface area contributed by atoms with Gasteiger partial charge in [0.1, 0.15) is 0 Å². The van der Waals surface area contributed by atoms with Crippen molar-refractivity contribution < 1.29 is 14.3 Å². The Hall–Kier alpha value is -2.43. The Balaban J connectivity index is 1.77. The number of benzene rings is 1. The van der Waals surface area contributed by atoms with E-state index in [-0.39, 0.29) is 17.8 Å². The number of rotatable bonds is 3. The molecule has 5 nitrogen and oxygen atoms in total. The number of carbonyl (C=O) groups excluding carboxylic acids is 2. The number of amides is 1. The third-order valence-electron chi connectivity index (χ3n) is 4.55. The standard InChI is InChI=1S/C19H22N2O3/c1-3-24-19(23)14-6-8-21(9-7-14)18(22)17-12-20-11-15-5-4-13(2)10-16(15)17/h4-5,10-12,14H,3,6-9H2,1-2H3. The van der Waals surface area contributed by atoms with Crippen molar-refractivity contribution in [1.82, 2.24) is 9.88 Å². The maximum Gasteiger partial charge on any atom is 0.309 e. The van der Waals surface area contributed by atoms with Gasteiger partial charge in [0.05, 0.1) is 18.1 Å². The molecule has 0 N–H and O–H groups in total. The second-order valence-corrected chi connectivity index (χ2v) is 6.23. The van der Waals surface area contributed by atoms with E-state index in [1.54, 1.807) is 12.4 Å². The van der Waals surface area contributed by atoms with Crippen molar-refractivity contribution in [1.29, 1.82) is 0 Å². The van der Waals surface area contributed by atoms with Gasteiger partial charge in [0.15, 0.2) is 0 Å². The molecular formula is C19H22N2O3. The molecule has 2 aromatic rings. The highest BCUT2D eigenvalue weighted by Gasteiger charge is 2.29. The van der Waals surface area contributed by atoms with Crippen molar-refractivity contribution in [3.05, 3.63) is 41.7 Å². The van der Waals surface area contributed by atoms with Crippen LogP contribution in [0, 0.1) is 12.8 Å². The van der Waals surface area contributed by atoms with Gasteiger partial charge in [-0.2, -0.15) is 0 Å². The molecule has 0 atom stereocenters. The van der Waals surface area contributed by atoms with Crippen LogP contribution in [-0.4, -0.2) is 41.5 Å². The first-order valence-electron chi connectivity index (χ1n) is 8.40. The second-order valence-electron chi connectivity index (χ2n) is 6.23. The number of esters is 1. The quantitative estimate of drug-likeness (QED) is 0.814. The molecular weight excluding hydrogens is 304 g/mol. The SMILES string of the molecule is CCOC(=O)C1CCN(C(=O)c2cncc3ccc(C)cc23)CC1. The normalized spacial score (nSPS) is 15.5. The minimum absolute atomic E-state index is 0.0130. The van der Waals surface area contributed by atoms with Gasteiger partial charge in [-0.1, -0.05) is 23.8 Å². The van der Waals surface area contributed by atoms with Crippen LogP contribution in [0.5, 0.6) is 0 Å². The third-order valence-corrected chi connectivity index (χ3v) is 4.55. The van der Waals surface area contributed by atoms with Crippen LogP contribution in [0.2, 0.25) is 0 Å². The van der Waals surface area contributed by atoms with E-state index in [1.165, 1.54) is 0 Å². The van der Waals surface area contributed by atoms with Gasteiger partial charge < -0.3 is 9.64 Å². The number of hydrogen-bond acceptors (Lipinski definition) is 4. The summed E-state index contributed by atoms with van der Waals surface area (Å²) in [6.07, 6.45) is 4.73. The van der Waals surface area contributed by atoms with Crippen LogP contribution >= 0.6 is 0 Å². The zero-order chi connectivity index (χ0) is 17.1. The number of nitrogens with zero attached hydrogens (tertiary/aromatic N) is 2. The van der Waals surface area contributed by atoms with Gasteiger partial charge >= 0.3 is 5.97 Å². The lowest BCUT2D eigenvalue weighted by Gasteiger charge is -2.31. The van der Waals surface area contributed by atoms with Crippen LogP contribution in [-0.2, 0) is 9.53 Å². The second kappa shape index (κ2) is 6.99. The van der Waals surface area contributed by atoms with E-state index in [9.17, 15) is 9.59 Å². The highest BCUT2D eigenvalue weighted by molar-refractivity contribution is 6.06. The molecule has 2 heterocycles. The maximum atomic E-state index is 12.9.